The Balaban J connectivity index is 1.90. The highest BCUT2D eigenvalue weighted by molar-refractivity contribution is 6.31. The van der Waals surface area contributed by atoms with Crippen molar-refractivity contribution in [2.75, 3.05) is 0 Å². The van der Waals surface area contributed by atoms with E-state index in [0.29, 0.717) is 16.8 Å². The number of aromatic nitrogens is 3. The highest BCUT2D eigenvalue weighted by atomic mass is 35.5. The predicted molar refractivity (Wildman–Crippen MR) is 93.2 cm³/mol. The summed E-state index contributed by atoms with van der Waals surface area (Å²) >= 11 is 5.87. The van der Waals surface area contributed by atoms with Gasteiger partial charge in [-0.3, -0.25) is 4.79 Å². The van der Waals surface area contributed by atoms with Crippen molar-refractivity contribution in [1.29, 1.82) is 0 Å². The van der Waals surface area contributed by atoms with Gasteiger partial charge in [0.1, 0.15) is 5.82 Å². The molecule has 1 aliphatic rings. The molecule has 7 heteroatoms. The molecule has 0 bridgehead atoms. The molecule has 0 radical (unpaired) electrons. The molecule has 1 N–H and O–H groups in total. The van der Waals surface area contributed by atoms with Crippen molar-refractivity contribution in [3.8, 4) is 11.1 Å². The van der Waals surface area contributed by atoms with Gasteiger partial charge in [0.05, 0.1) is 10.6 Å². The van der Waals surface area contributed by atoms with Crippen LogP contribution in [0.5, 0.6) is 0 Å². The summed E-state index contributed by atoms with van der Waals surface area (Å²) in [5.41, 5.74) is 2.59. The molecule has 1 amide bonds. The number of aryl methyl sites for hydroxylation is 1. The molecule has 1 aromatic carbocycles. The highest BCUT2D eigenvalue weighted by Crippen LogP contribution is 2.33. The van der Waals surface area contributed by atoms with Crippen LogP contribution in [0.15, 0.2) is 30.6 Å². The van der Waals surface area contributed by atoms with Crippen LogP contribution in [-0.4, -0.2) is 26.5 Å². The van der Waals surface area contributed by atoms with Crippen LogP contribution in [0.2, 0.25) is 5.02 Å². The fourth-order valence-electron chi connectivity index (χ4n) is 3.02. The van der Waals surface area contributed by atoms with E-state index in [2.05, 4.69) is 15.4 Å². The molecule has 1 saturated carbocycles. The third kappa shape index (κ3) is 2.76. The molecule has 0 unspecified atom stereocenters. The van der Waals surface area contributed by atoms with Gasteiger partial charge < -0.3 is 5.32 Å². The van der Waals surface area contributed by atoms with E-state index in [1.165, 1.54) is 10.6 Å². The Morgan fingerprint density at radius 3 is 2.92 bits per heavy atom. The number of amides is 1. The fourth-order valence-corrected chi connectivity index (χ4v) is 3.23. The second-order valence-corrected chi connectivity index (χ2v) is 6.70. The van der Waals surface area contributed by atoms with Gasteiger partial charge in [0.2, 0.25) is 0 Å². The van der Waals surface area contributed by atoms with Crippen LogP contribution in [-0.2, 0) is 0 Å². The van der Waals surface area contributed by atoms with E-state index in [1.54, 1.807) is 24.5 Å². The number of carbonyl (C=O) groups is 1. The van der Waals surface area contributed by atoms with E-state index in [0.717, 1.165) is 24.8 Å². The molecule has 0 aliphatic heterocycles. The molecule has 1 fully saturated rings. The van der Waals surface area contributed by atoms with Crippen LogP contribution >= 0.6 is 11.6 Å². The van der Waals surface area contributed by atoms with Gasteiger partial charge in [-0.1, -0.05) is 11.6 Å². The first-order valence-corrected chi connectivity index (χ1v) is 8.52. The van der Waals surface area contributed by atoms with E-state index >= 15 is 0 Å². The lowest BCUT2D eigenvalue weighted by Crippen LogP contribution is -2.39. The van der Waals surface area contributed by atoms with Gasteiger partial charge in [0.25, 0.3) is 5.91 Å². The van der Waals surface area contributed by atoms with Crippen LogP contribution < -0.4 is 5.32 Å². The number of halogens is 2. The first kappa shape index (κ1) is 16.0. The maximum atomic E-state index is 14.1. The van der Waals surface area contributed by atoms with E-state index in [4.69, 9.17) is 11.6 Å². The number of nitrogens with one attached hydrogen (secondary N) is 1. The number of rotatable bonds is 3. The lowest BCUT2D eigenvalue weighted by atomic mass is 9.92. The standard InChI is InChI=1S/C18H16ClFN4O/c1-10-8-13(19)14(20)9-12(10)15-16(18(25)22-11-4-2-5-11)23-24-7-3-6-21-17(15)24/h3,6-9,11H,2,4-5H2,1H3,(H,22,25). The number of fused-ring (bicyclic) bond motifs is 1. The number of nitrogens with zero attached hydrogens (tertiary/aromatic N) is 3. The number of carbonyl (C=O) groups excluding carboxylic acids is 1. The molecule has 0 saturated heterocycles. The first-order valence-electron chi connectivity index (χ1n) is 8.15. The zero-order valence-corrected chi connectivity index (χ0v) is 14.3. The van der Waals surface area contributed by atoms with E-state index in [-0.39, 0.29) is 22.7 Å². The van der Waals surface area contributed by atoms with Gasteiger partial charge in [-0.15, -0.1) is 0 Å². The summed E-state index contributed by atoms with van der Waals surface area (Å²) < 4.78 is 15.6. The Morgan fingerprint density at radius 2 is 2.20 bits per heavy atom. The molecular weight excluding hydrogens is 343 g/mol. The normalized spacial score (nSPS) is 14.5. The zero-order valence-electron chi connectivity index (χ0n) is 13.6. The predicted octanol–water partition coefficient (Wildman–Crippen LogP) is 3.78. The summed E-state index contributed by atoms with van der Waals surface area (Å²) in [5, 5.41) is 7.41. The van der Waals surface area contributed by atoms with Crippen LogP contribution in [0, 0.1) is 12.7 Å². The summed E-state index contributed by atoms with van der Waals surface area (Å²) in [6.45, 7) is 1.82. The summed E-state index contributed by atoms with van der Waals surface area (Å²) in [7, 11) is 0. The van der Waals surface area contributed by atoms with E-state index in [9.17, 15) is 9.18 Å². The minimum atomic E-state index is -0.539. The monoisotopic (exact) mass is 358 g/mol. The second kappa shape index (κ2) is 6.11. The number of hydrogen-bond acceptors (Lipinski definition) is 3. The van der Waals surface area contributed by atoms with Gasteiger partial charge in [-0.25, -0.2) is 13.9 Å². The molecule has 0 spiro atoms. The van der Waals surface area contributed by atoms with Crippen molar-refractivity contribution in [2.24, 2.45) is 0 Å². The second-order valence-electron chi connectivity index (χ2n) is 6.29. The van der Waals surface area contributed by atoms with E-state index in [1.807, 2.05) is 6.92 Å². The highest BCUT2D eigenvalue weighted by Gasteiger charge is 2.27. The topological polar surface area (TPSA) is 59.3 Å². The molecule has 128 valence electrons. The van der Waals surface area contributed by atoms with Crippen molar-refractivity contribution in [3.63, 3.8) is 0 Å². The molecule has 5 nitrogen and oxygen atoms in total. The van der Waals surface area contributed by atoms with Crippen molar-refractivity contribution in [3.05, 3.63) is 52.7 Å². The van der Waals surface area contributed by atoms with Crippen molar-refractivity contribution >= 4 is 23.2 Å². The third-order valence-corrected chi connectivity index (χ3v) is 4.88. The lowest BCUT2D eigenvalue weighted by Gasteiger charge is -2.26. The molecular formula is C18H16ClFN4O. The van der Waals surface area contributed by atoms with Crippen LogP contribution in [0.4, 0.5) is 4.39 Å². The average Bonchev–Trinajstić information content (AvgIpc) is 2.93. The molecule has 2 heterocycles. The maximum absolute atomic E-state index is 14.1. The van der Waals surface area contributed by atoms with Gasteiger partial charge >= 0.3 is 0 Å². The van der Waals surface area contributed by atoms with Crippen LogP contribution in [0.1, 0.15) is 35.3 Å². The third-order valence-electron chi connectivity index (χ3n) is 4.59. The minimum absolute atomic E-state index is 0.0474. The largest absolute Gasteiger partial charge is 0.348 e. The number of hydrogen-bond donors (Lipinski definition) is 1. The Bertz CT molecular complexity index is 981. The zero-order chi connectivity index (χ0) is 17.6. The Morgan fingerprint density at radius 1 is 1.40 bits per heavy atom. The maximum Gasteiger partial charge on any atom is 0.272 e. The smallest absolute Gasteiger partial charge is 0.272 e. The summed E-state index contributed by atoms with van der Waals surface area (Å²) in [5.74, 6) is -0.803. The van der Waals surface area contributed by atoms with Crippen molar-refractivity contribution < 1.29 is 9.18 Å². The average molecular weight is 359 g/mol. The minimum Gasteiger partial charge on any atom is -0.348 e. The molecule has 3 aromatic rings. The summed E-state index contributed by atoms with van der Waals surface area (Å²) in [4.78, 5) is 17.1. The molecule has 0 atom stereocenters. The summed E-state index contributed by atoms with van der Waals surface area (Å²) in [6, 6.07) is 4.80. The van der Waals surface area contributed by atoms with Gasteiger partial charge in [-0.2, -0.15) is 5.10 Å². The Labute approximate surface area is 148 Å². The van der Waals surface area contributed by atoms with Gasteiger partial charge in [-0.05, 0) is 55.5 Å². The first-order chi connectivity index (χ1) is 12.0. The van der Waals surface area contributed by atoms with Crippen LogP contribution in [0.3, 0.4) is 0 Å². The SMILES string of the molecule is Cc1cc(Cl)c(F)cc1-c1c(C(=O)NC2CCC2)nn2cccnc12. The number of benzene rings is 1. The van der Waals surface area contributed by atoms with Crippen LogP contribution in [0.25, 0.3) is 16.8 Å². The van der Waals surface area contributed by atoms with Crippen molar-refractivity contribution in [2.45, 2.75) is 32.2 Å². The molecule has 2 aromatic heterocycles. The summed E-state index contributed by atoms with van der Waals surface area (Å²) in [6.07, 6.45) is 6.40. The molecule has 25 heavy (non-hydrogen) atoms. The Hall–Kier alpha value is -2.47. The van der Waals surface area contributed by atoms with E-state index < -0.39 is 5.82 Å². The lowest BCUT2D eigenvalue weighted by molar-refractivity contribution is 0.0912. The molecule has 4 rings (SSSR count). The Kier molecular flexibility index (Phi) is 3.92. The van der Waals surface area contributed by atoms with Crippen molar-refractivity contribution in [1.82, 2.24) is 19.9 Å². The van der Waals surface area contributed by atoms with Gasteiger partial charge in [0.15, 0.2) is 11.3 Å². The van der Waals surface area contributed by atoms with Gasteiger partial charge in [0, 0.05) is 18.4 Å². The quantitative estimate of drug-likeness (QED) is 0.775. The fraction of sp³-hybridized carbons (Fsp3) is 0.278. The molecule has 1 aliphatic carbocycles.